The first-order valence-electron chi connectivity index (χ1n) is 8.30. The predicted octanol–water partition coefficient (Wildman–Crippen LogP) is 4.23. The molecule has 18 heavy (non-hydrogen) atoms. The van der Waals surface area contributed by atoms with Crippen molar-refractivity contribution in [3.63, 3.8) is 0 Å². The van der Waals surface area contributed by atoms with Crippen LogP contribution in [-0.4, -0.2) is 12.6 Å². The van der Waals surface area contributed by atoms with Crippen molar-refractivity contribution in [3.8, 4) is 0 Å². The fourth-order valence-corrected chi connectivity index (χ4v) is 4.40. The van der Waals surface area contributed by atoms with Crippen molar-refractivity contribution in [1.82, 2.24) is 5.32 Å². The number of fused-ring (bicyclic) bond motifs is 2. The van der Waals surface area contributed by atoms with E-state index in [1.54, 1.807) is 25.7 Å². The molecule has 0 aromatic carbocycles. The predicted molar refractivity (Wildman–Crippen MR) is 77.5 cm³/mol. The molecule has 0 aliphatic heterocycles. The highest BCUT2D eigenvalue weighted by Gasteiger charge is 2.43. The van der Waals surface area contributed by atoms with E-state index in [0.29, 0.717) is 5.41 Å². The zero-order chi connectivity index (χ0) is 12.8. The van der Waals surface area contributed by atoms with Crippen LogP contribution in [0.1, 0.15) is 65.7 Å². The van der Waals surface area contributed by atoms with Gasteiger partial charge in [-0.1, -0.05) is 27.2 Å². The molecule has 3 rings (SSSR count). The molecule has 0 heterocycles. The van der Waals surface area contributed by atoms with Crippen LogP contribution in [-0.2, 0) is 0 Å². The van der Waals surface area contributed by atoms with Gasteiger partial charge in [-0.15, -0.1) is 0 Å². The van der Waals surface area contributed by atoms with Crippen molar-refractivity contribution in [2.24, 2.45) is 29.1 Å². The lowest BCUT2D eigenvalue weighted by Crippen LogP contribution is -2.39. The molecule has 1 heteroatoms. The Balaban J connectivity index is 1.58. The molecule has 3 saturated carbocycles. The number of rotatable bonds is 6. The lowest BCUT2D eigenvalue weighted by molar-refractivity contribution is 0.130. The molecular weight excluding hydrogens is 218 g/mol. The summed E-state index contributed by atoms with van der Waals surface area (Å²) in [7, 11) is 0. The van der Waals surface area contributed by atoms with Crippen LogP contribution >= 0.6 is 0 Å². The second-order valence-electron chi connectivity index (χ2n) is 8.10. The van der Waals surface area contributed by atoms with E-state index >= 15 is 0 Å². The van der Waals surface area contributed by atoms with E-state index in [-0.39, 0.29) is 0 Å². The highest BCUT2D eigenvalue weighted by molar-refractivity contribution is 4.95. The normalized spacial score (nSPS) is 38.3. The monoisotopic (exact) mass is 249 g/mol. The molecule has 0 amide bonds. The van der Waals surface area contributed by atoms with Crippen molar-refractivity contribution in [3.05, 3.63) is 0 Å². The molecule has 104 valence electrons. The fourth-order valence-electron chi connectivity index (χ4n) is 4.40. The summed E-state index contributed by atoms with van der Waals surface area (Å²) in [6.07, 6.45) is 10.5. The van der Waals surface area contributed by atoms with Crippen LogP contribution in [0.15, 0.2) is 0 Å². The van der Waals surface area contributed by atoms with Crippen LogP contribution in [0.2, 0.25) is 0 Å². The topological polar surface area (TPSA) is 12.0 Å². The second kappa shape index (κ2) is 4.81. The zero-order valence-electron chi connectivity index (χ0n) is 12.5. The summed E-state index contributed by atoms with van der Waals surface area (Å²) in [5.74, 6) is 4.06. The van der Waals surface area contributed by atoms with Gasteiger partial charge in [-0.3, -0.25) is 0 Å². The van der Waals surface area contributed by atoms with Gasteiger partial charge in [-0.25, -0.2) is 0 Å². The number of hydrogen-bond donors (Lipinski definition) is 1. The minimum absolute atomic E-state index is 0.526. The van der Waals surface area contributed by atoms with E-state index in [1.165, 1.54) is 25.8 Å². The van der Waals surface area contributed by atoms with Crippen LogP contribution < -0.4 is 5.32 Å². The van der Waals surface area contributed by atoms with E-state index < -0.39 is 0 Å². The SMILES string of the molecule is CC(C)C(C)(CNC1CC1)CC1CC2CCC1C2. The summed E-state index contributed by atoms with van der Waals surface area (Å²) in [5.41, 5.74) is 0.526. The van der Waals surface area contributed by atoms with Gasteiger partial charge in [0, 0.05) is 12.6 Å². The van der Waals surface area contributed by atoms with Crippen LogP contribution in [0.4, 0.5) is 0 Å². The van der Waals surface area contributed by atoms with E-state index in [9.17, 15) is 0 Å². The van der Waals surface area contributed by atoms with E-state index in [4.69, 9.17) is 0 Å². The first kappa shape index (κ1) is 13.0. The Bertz CT molecular complexity index is 294. The molecule has 0 spiro atoms. The first-order chi connectivity index (χ1) is 8.57. The standard InChI is InChI=1S/C17H31N/c1-12(2)17(3,11-18-16-6-7-16)10-15-9-13-4-5-14(15)8-13/h12-16,18H,4-11H2,1-3H3. The van der Waals surface area contributed by atoms with Gasteiger partial charge >= 0.3 is 0 Å². The number of hydrogen-bond acceptors (Lipinski definition) is 1. The highest BCUT2D eigenvalue weighted by atomic mass is 15.0. The van der Waals surface area contributed by atoms with Crippen LogP contribution in [0.25, 0.3) is 0 Å². The van der Waals surface area contributed by atoms with Gasteiger partial charge in [-0.2, -0.15) is 0 Å². The van der Waals surface area contributed by atoms with E-state index in [1.807, 2.05) is 0 Å². The van der Waals surface area contributed by atoms with Gasteiger partial charge in [0.25, 0.3) is 0 Å². The minimum atomic E-state index is 0.526. The maximum absolute atomic E-state index is 3.80. The van der Waals surface area contributed by atoms with Crippen molar-refractivity contribution in [1.29, 1.82) is 0 Å². The molecule has 0 radical (unpaired) electrons. The molecule has 2 bridgehead atoms. The van der Waals surface area contributed by atoms with Crippen LogP contribution in [0.5, 0.6) is 0 Å². The van der Waals surface area contributed by atoms with E-state index in [0.717, 1.165) is 29.7 Å². The Hall–Kier alpha value is -0.0400. The van der Waals surface area contributed by atoms with Crippen LogP contribution in [0.3, 0.4) is 0 Å². The van der Waals surface area contributed by atoms with Crippen molar-refractivity contribution in [2.75, 3.05) is 6.54 Å². The lowest BCUT2D eigenvalue weighted by Gasteiger charge is -2.39. The minimum Gasteiger partial charge on any atom is -0.313 e. The third kappa shape index (κ3) is 2.61. The summed E-state index contributed by atoms with van der Waals surface area (Å²) < 4.78 is 0. The molecule has 1 nitrogen and oxygen atoms in total. The fraction of sp³-hybridized carbons (Fsp3) is 1.00. The maximum atomic E-state index is 3.80. The summed E-state index contributed by atoms with van der Waals surface area (Å²) in [6.45, 7) is 8.66. The molecule has 3 aliphatic carbocycles. The molecule has 3 aliphatic rings. The quantitative estimate of drug-likeness (QED) is 0.743. The molecular formula is C17H31N. The van der Waals surface area contributed by atoms with Gasteiger partial charge in [0.1, 0.15) is 0 Å². The first-order valence-corrected chi connectivity index (χ1v) is 8.30. The largest absolute Gasteiger partial charge is 0.313 e. The molecule has 0 saturated heterocycles. The Morgan fingerprint density at radius 1 is 1.11 bits per heavy atom. The average molecular weight is 249 g/mol. The van der Waals surface area contributed by atoms with E-state index in [2.05, 4.69) is 26.1 Å². The molecule has 1 N–H and O–H groups in total. The number of nitrogens with one attached hydrogen (secondary N) is 1. The molecule has 0 aromatic heterocycles. The maximum Gasteiger partial charge on any atom is 0.00684 e. The van der Waals surface area contributed by atoms with Crippen molar-refractivity contribution < 1.29 is 0 Å². The van der Waals surface area contributed by atoms with Crippen LogP contribution in [0, 0.1) is 29.1 Å². The zero-order valence-corrected chi connectivity index (χ0v) is 12.5. The highest BCUT2D eigenvalue weighted by Crippen LogP contribution is 2.52. The second-order valence-corrected chi connectivity index (χ2v) is 8.10. The van der Waals surface area contributed by atoms with Crippen molar-refractivity contribution in [2.45, 2.75) is 71.8 Å². The van der Waals surface area contributed by atoms with Gasteiger partial charge in [0.15, 0.2) is 0 Å². The Labute approximate surface area is 113 Å². The Morgan fingerprint density at radius 3 is 2.39 bits per heavy atom. The summed E-state index contributed by atoms with van der Waals surface area (Å²) in [4.78, 5) is 0. The summed E-state index contributed by atoms with van der Waals surface area (Å²) >= 11 is 0. The Morgan fingerprint density at radius 2 is 1.89 bits per heavy atom. The third-order valence-corrected chi connectivity index (χ3v) is 6.38. The molecule has 4 unspecified atom stereocenters. The van der Waals surface area contributed by atoms with Gasteiger partial charge in [0.05, 0.1) is 0 Å². The molecule has 0 aromatic rings. The third-order valence-electron chi connectivity index (χ3n) is 6.38. The summed E-state index contributed by atoms with van der Waals surface area (Å²) in [6, 6.07) is 0.864. The summed E-state index contributed by atoms with van der Waals surface area (Å²) in [5, 5.41) is 3.80. The lowest BCUT2D eigenvalue weighted by atomic mass is 9.69. The van der Waals surface area contributed by atoms with Crippen molar-refractivity contribution >= 4 is 0 Å². The smallest absolute Gasteiger partial charge is 0.00684 e. The Kier molecular flexibility index (Phi) is 3.47. The average Bonchev–Trinajstić information content (AvgIpc) is 2.94. The van der Waals surface area contributed by atoms with Gasteiger partial charge < -0.3 is 5.32 Å². The van der Waals surface area contributed by atoms with Gasteiger partial charge in [0.2, 0.25) is 0 Å². The molecule has 3 fully saturated rings. The molecule has 4 atom stereocenters. The van der Waals surface area contributed by atoms with Gasteiger partial charge in [-0.05, 0) is 67.6 Å².